The number of aldehydes is 1. The molecule has 0 radical (unpaired) electrons. The molecule has 1 heterocycles. The molecule has 1 fully saturated rings. The van der Waals surface area contributed by atoms with Gasteiger partial charge in [0.2, 0.25) is 0 Å². The third kappa shape index (κ3) is 3.71. The molecular weight excluding hydrogens is 281 g/mol. The molecular formula is C18H18FNO2. The molecule has 0 aromatic heterocycles. The van der Waals surface area contributed by atoms with Crippen LogP contribution in [0.2, 0.25) is 0 Å². The van der Waals surface area contributed by atoms with Crippen molar-refractivity contribution >= 4 is 6.29 Å². The van der Waals surface area contributed by atoms with Crippen LogP contribution in [0.1, 0.15) is 11.1 Å². The van der Waals surface area contributed by atoms with Crippen LogP contribution in [-0.2, 0) is 17.9 Å². The van der Waals surface area contributed by atoms with Crippen molar-refractivity contribution in [2.45, 2.75) is 13.2 Å². The summed E-state index contributed by atoms with van der Waals surface area (Å²) in [5.41, 5.74) is 2.14. The molecule has 0 saturated carbocycles. The van der Waals surface area contributed by atoms with Crippen LogP contribution in [0.25, 0.3) is 0 Å². The second-order valence-corrected chi connectivity index (χ2v) is 5.65. The molecule has 0 aliphatic carbocycles. The minimum atomic E-state index is -0.240. The summed E-state index contributed by atoms with van der Waals surface area (Å²) in [5.74, 6) is 0.761. The van der Waals surface area contributed by atoms with E-state index in [1.165, 1.54) is 17.7 Å². The van der Waals surface area contributed by atoms with E-state index < -0.39 is 0 Å². The largest absolute Gasteiger partial charge is 0.489 e. The number of hydrogen-bond acceptors (Lipinski definition) is 3. The Bertz CT molecular complexity index is 619. The Hall–Kier alpha value is -2.20. The Balaban J connectivity index is 1.49. The first kappa shape index (κ1) is 14.7. The normalized spacial score (nSPS) is 15.3. The molecule has 3 nitrogen and oxygen atoms in total. The van der Waals surface area contributed by atoms with Gasteiger partial charge in [-0.3, -0.25) is 4.90 Å². The molecule has 2 aromatic rings. The van der Waals surface area contributed by atoms with E-state index >= 15 is 0 Å². The minimum Gasteiger partial charge on any atom is -0.489 e. The van der Waals surface area contributed by atoms with Gasteiger partial charge in [-0.05, 0) is 35.4 Å². The predicted octanol–water partition coefficient (Wildman–Crippen LogP) is 3.04. The second-order valence-electron chi connectivity index (χ2n) is 5.65. The highest BCUT2D eigenvalue weighted by molar-refractivity contribution is 5.55. The highest BCUT2D eigenvalue weighted by Gasteiger charge is 2.25. The lowest BCUT2D eigenvalue weighted by molar-refractivity contribution is -0.115. The Morgan fingerprint density at radius 3 is 2.32 bits per heavy atom. The Labute approximate surface area is 129 Å². The first-order valence-electron chi connectivity index (χ1n) is 7.37. The Morgan fingerprint density at radius 2 is 1.68 bits per heavy atom. The zero-order valence-corrected chi connectivity index (χ0v) is 12.2. The zero-order valence-electron chi connectivity index (χ0n) is 12.2. The molecule has 1 aliphatic heterocycles. The standard InChI is InChI=1S/C18H18FNO2/c19-17-5-1-15(2-6-17)13-22-18-7-3-14(4-8-18)9-20-10-16(11-20)12-21/h1-8,12,16H,9-11,13H2. The van der Waals surface area contributed by atoms with Crippen molar-refractivity contribution in [3.8, 4) is 5.75 Å². The molecule has 1 aliphatic rings. The molecule has 0 amide bonds. The van der Waals surface area contributed by atoms with Gasteiger partial charge in [-0.1, -0.05) is 24.3 Å². The number of carbonyl (C=O) groups excluding carboxylic acids is 1. The average molecular weight is 299 g/mol. The lowest BCUT2D eigenvalue weighted by atomic mass is 10.0. The quantitative estimate of drug-likeness (QED) is 0.768. The van der Waals surface area contributed by atoms with E-state index in [1.807, 2.05) is 24.3 Å². The summed E-state index contributed by atoms with van der Waals surface area (Å²) in [6, 6.07) is 14.3. The van der Waals surface area contributed by atoms with E-state index in [0.717, 1.165) is 37.2 Å². The lowest BCUT2D eigenvalue weighted by Gasteiger charge is -2.36. The Kier molecular flexibility index (Phi) is 4.49. The van der Waals surface area contributed by atoms with Gasteiger partial charge < -0.3 is 9.53 Å². The zero-order chi connectivity index (χ0) is 15.4. The van der Waals surface area contributed by atoms with E-state index in [-0.39, 0.29) is 11.7 Å². The van der Waals surface area contributed by atoms with Crippen LogP contribution in [0.5, 0.6) is 5.75 Å². The van der Waals surface area contributed by atoms with Gasteiger partial charge in [-0.15, -0.1) is 0 Å². The molecule has 0 atom stereocenters. The van der Waals surface area contributed by atoms with Gasteiger partial charge >= 0.3 is 0 Å². The summed E-state index contributed by atoms with van der Waals surface area (Å²) in [4.78, 5) is 12.8. The van der Waals surface area contributed by atoms with Gasteiger partial charge in [-0.25, -0.2) is 4.39 Å². The molecule has 0 unspecified atom stereocenters. The van der Waals surface area contributed by atoms with E-state index in [9.17, 15) is 9.18 Å². The second kappa shape index (κ2) is 6.71. The third-order valence-corrected chi connectivity index (χ3v) is 3.83. The summed E-state index contributed by atoms with van der Waals surface area (Å²) in [7, 11) is 0. The van der Waals surface area contributed by atoms with Gasteiger partial charge in [0.05, 0.1) is 0 Å². The van der Waals surface area contributed by atoms with Crippen LogP contribution in [0, 0.1) is 11.7 Å². The number of carbonyl (C=O) groups is 1. The fourth-order valence-electron chi connectivity index (χ4n) is 2.52. The highest BCUT2D eigenvalue weighted by Crippen LogP contribution is 2.19. The van der Waals surface area contributed by atoms with E-state index in [1.54, 1.807) is 12.1 Å². The first-order chi connectivity index (χ1) is 10.7. The topological polar surface area (TPSA) is 29.5 Å². The van der Waals surface area contributed by atoms with Gasteiger partial charge in [0.1, 0.15) is 24.5 Å². The molecule has 3 rings (SSSR count). The fraction of sp³-hybridized carbons (Fsp3) is 0.278. The molecule has 4 heteroatoms. The third-order valence-electron chi connectivity index (χ3n) is 3.83. The van der Waals surface area contributed by atoms with E-state index in [4.69, 9.17) is 4.74 Å². The SMILES string of the molecule is O=CC1CN(Cc2ccc(OCc3ccc(F)cc3)cc2)C1. The van der Waals surface area contributed by atoms with Gasteiger partial charge in [0.15, 0.2) is 0 Å². The molecule has 0 N–H and O–H groups in total. The number of likely N-dealkylation sites (tertiary alicyclic amines) is 1. The van der Waals surface area contributed by atoms with Crippen LogP contribution < -0.4 is 4.74 Å². The van der Waals surface area contributed by atoms with Crippen molar-refractivity contribution in [2.75, 3.05) is 13.1 Å². The number of benzene rings is 2. The van der Waals surface area contributed by atoms with E-state index in [0.29, 0.717) is 6.61 Å². The van der Waals surface area contributed by atoms with Crippen molar-refractivity contribution in [2.24, 2.45) is 5.92 Å². The first-order valence-corrected chi connectivity index (χ1v) is 7.37. The van der Waals surface area contributed by atoms with Crippen LogP contribution in [-0.4, -0.2) is 24.3 Å². The molecule has 0 spiro atoms. The lowest BCUT2D eigenvalue weighted by Crippen LogP contribution is -2.46. The molecule has 22 heavy (non-hydrogen) atoms. The smallest absolute Gasteiger partial charge is 0.125 e. The predicted molar refractivity (Wildman–Crippen MR) is 82.0 cm³/mol. The van der Waals surface area contributed by atoms with Crippen LogP contribution >= 0.6 is 0 Å². The average Bonchev–Trinajstić information content (AvgIpc) is 2.51. The van der Waals surface area contributed by atoms with Gasteiger partial charge in [-0.2, -0.15) is 0 Å². The highest BCUT2D eigenvalue weighted by atomic mass is 19.1. The Morgan fingerprint density at radius 1 is 1.05 bits per heavy atom. The van der Waals surface area contributed by atoms with Crippen molar-refractivity contribution in [1.29, 1.82) is 0 Å². The number of halogens is 1. The van der Waals surface area contributed by atoms with Crippen LogP contribution in [0.3, 0.4) is 0 Å². The van der Waals surface area contributed by atoms with Gasteiger partial charge in [0.25, 0.3) is 0 Å². The van der Waals surface area contributed by atoms with Crippen molar-refractivity contribution in [3.63, 3.8) is 0 Å². The molecule has 1 saturated heterocycles. The molecule has 114 valence electrons. The molecule has 0 bridgehead atoms. The maximum Gasteiger partial charge on any atom is 0.125 e. The van der Waals surface area contributed by atoms with Gasteiger partial charge in [0, 0.05) is 25.6 Å². The summed E-state index contributed by atoms with van der Waals surface area (Å²) in [5, 5.41) is 0. The fourth-order valence-corrected chi connectivity index (χ4v) is 2.52. The maximum atomic E-state index is 12.8. The maximum absolute atomic E-state index is 12.8. The van der Waals surface area contributed by atoms with Crippen LogP contribution in [0.15, 0.2) is 48.5 Å². The summed E-state index contributed by atoms with van der Waals surface area (Å²) in [6.07, 6.45) is 1.03. The monoisotopic (exact) mass is 299 g/mol. The summed E-state index contributed by atoms with van der Waals surface area (Å²) < 4.78 is 18.5. The summed E-state index contributed by atoms with van der Waals surface area (Å²) in [6.45, 7) is 2.99. The number of nitrogens with zero attached hydrogens (tertiary/aromatic N) is 1. The minimum absolute atomic E-state index is 0.207. The summed E-state index contributed by atoms with van der Waals surface area (Å²) >= 11 is 0. The van der Waals surface area contributed by atoms with E-state index in [2.05, 4.69) is 4.90 Å². The number of hydrogen-bond donors (Lipinski definition) is 0. The number of rotatable bonds is 6. The van der Waals surface area contributed by atoms with Crippen molar-refractivity contribution in [3.05, 3.63) is 65.5 Å². The van der Waals surface area contributed by atoms with Crippen molar-refractivity contribution < 1.29 is 13.9 Å². The number of ether oxygens (including phenoxy) is 1. The van der Waals surface area contributed by atoms with Crippen LogP contribution in [0.4, 0.5) is 4.39 Å². The van der Waals surface area contributed by atoms with Crippen molar-refractivity contribution in [1.82, 2.24) is 4.90 Å². The molecule has 2 aromatic carbocycles.